The van der Waals surface area contributed by atoms with Gasteiger partial charge in [0.05, 0.1) is 22.5 Å². The molecule has 31 heavy (non-hydrogen) atoms. The second-order valence-corrected chi connectivity index (χ2v) is 6.59. The van der Waals surface area contributed by atoms with Crippen LogP contribution in [0, 0.1) is 17.0 Å². The van der Waals surface area contributed by atoms with E-state index in [4.69, 9.17) is 0 Å². The first-order valence-corrected chi connectivity index (χ1v) is 8.84. The average Bonchev–Trinajstić information content (AvgIpc) is 2.70. The van der Waals surface area contributed by atoms with E-state index in [2.05, 4.69) is 10.3 Å². The number of aryl methyl sites for hydroxylation is 1. The Hall–Kier alpha value is -4.02. The molecule has 1 N–H and O–H groups in total. The van der Waals surface area contributed by atoms with Gasteiger partial charge in [-0.15, -0.1) is 0 Å². The van der Waals surface area contributed by atoms with Crippen LogP contribution in [0.25, 0.3) is 11.3 Å². The van der Waals surface area contributed by atoms with E-state index in [9.17, 15) is 32.9 Å². The second kappa shape index (κ2) is 8.38. The molecule has 1 heterocycles. The molecule has 0 saturated heterocycles. The van der Waals surface area contributed by atoms with E-state index in [1.54, 1.807) is 13.0 Å². The summed E-state index contributed by atoms with van der Waals surface area (Å²) in [5.41, 5.74) is -0.768. The first-order valence-electron chi connectivity index (χ1n) is 8.84. The van der Waals surface area contributed by atoms with E-state index in [1.807, 2.05) is 0 Å². The molecule has 160 valence electrons. The Bertz CT molecular complexity index is 1200. The number of nitro benzene ring substituents is 1. The van der Waals surface area contributed by atoms with Crippen molar-refractivity contribution in [3.05, 3.63) is 86.5 Å². The molecule has 0 radical (unpaired) electrons. The lowest BCUT2D eigenvalue weighted by atomic mass is 10.1. The Labute approximate surface area is 173 Å². The van der Waals surface area contributed by atoms with Gasteiger partial charge in [0.1, 0.15) is 12.2 Å². The highest BCUT2D eigenvalue weighted by Gasteiger charge is 2.30. The fourth-order valence-corrected chi connectivity index (χ4v) is 2.83. The minimum atomic E-state index is -4.48. The van der Waals surface area contributed by atoms with Crippen molar-refractivity contribution in [1.29, 1.82) is 0 Å². The van der Waals surface area contributed by atoms with Crippen LogP contribution in [0.1, 0.15) is 11.1 Å². The number of alkyl halides is 3. The third-order valence-corrected chi connectivity index (χ3v) is 4.41. The summed E-state index contributed by atoms with van der Waals surface area (Å²) in [5.74, 6) is -0.677. The van der Waals surface area contributed by atoms with Gasteiger partial charge < -0.3 is 5.32 Å². The Balaban J connectivity index is 1.78. The lowest BCUT2D eigenvalue weighted by Gasteiger charge is -2.10. The van der Waals surface area contributed by atoms with Gasteiger partial charge in [-0.3, -0.25) is 24.3 Å². The molecule has 3 rings (SSSR count). The van der Waals surface area contributed by atoms with Crippen molar-refractivity contribution < 1.29 is 22.9 Å². The molecule has 1 amide bonds. The number of hydrogen-bond donors (Lipinski definition) is 1. The number of anilines is 1. The Kier molecular flexibility index (Phi) is 5.86. The number of carbonyl (C=O) groups is 1. The molecule has 2 aromatic carbocycles. The molecular formula is C20H15F3N4O4. The number of carbonyl (C=O) groups excluding carboxylic acids is 1. The zero-order chi connectivity index (χ0) is 22.8. The highest BCUT2D eigenvalue weighted by Crippen LogP contribution is 2.30. The molecule has 0 saturated carbocycles. The highest BCUT2D eigenvalue weighted by atomic mass is 19.4. The first-order chi connectivity index (χ1) is 14.6. The number of rotatable bonds is 5. The number of aromatic nitrogens is 2. The van der Waals surface area contributed by atoms with E-state index >= 15 is 0 Å². The van der Waals surface area contributed by atoms with Crippen molar-refractivity contribution in [2.24, 2.45) is 0 Å². The van der Waals surface area contributed by atoms with E-state index in [0.29, 0.717) is 11.1 Å². The summed E-state index contributed by atoms with van der Waals surface area (Å²) in [5, 5.41) is 13.6. The molecule has 0 aliphatic heterocycles. The average molecular weight is 432 g/mol. The van der Waals surface area contributed by atoms with Crippen molar-refractivity contribution in [3.63, 3.8) is 0 Å². The van der Waals surface area contributed by atoms with Crippen LogP contribution in [0.2, 0.25) is 0 Å². The number of amides is 1. The molecule has 0 aliphatic rings. The minimum absolute atomic E-state index is 0.0277. The quantitative estimate of drug-likeness (QED) is 0.488. The monoisotopic (exact) mass is 432 g/mol. The third kappa shape index (κ3) is 4.94. The van der Waals surface area contributed by atoms with Gasteiger partial charge in [0.25, 0.3) is 11.2 Å². The fraction of sp³-hybridized carbons (Fsp3) is 0.150. The van der Waals surface area contributed by atoms with Crippen molar-refractivity contribution >= 4 is 17.3 Å². The van der Waals surface area contributed by atoms with Gasteiger partial charge >= 0.3 is 6.18 Å². The van der Waals surface area contributed by atoms with Gasteiger partial charge in [-0.25, -0.2) is 4.98 Å². The normalized spacial score (nSPS) is 11.2. The Morgan fingerprint density at radius 3 is 2.45 bits per heavy atom. The largest absolute Gasteiger partial charge is 0.416 e. The van der Waals surface area contributed by atoms with Crippen molar-refractivity contribution in [3.8, 4) is 11.3 Å². The maximum Gasteiger partial charge on any atom is 0.416 e. The zero-order valence-corrected chi connectivity index (χ0v) is 16.0. The van der Waals surface area contributed by atoms with Crippen LogP contribution in [0.15, 0.2) is 59.7 Å². The summed E-state index contributed by atoms with van der Waals surface area (Å²) in [6, 6.07) is 9.56. The van der Waals surface area contributed by atoms with Gasteiger partial charge in [0, 0.05) is 17.7 Å². The zero-order valence-electron chi connectivity index (χ0n) is 16.0. The first kappa shape index (κ1) is 21.7. The van der Waals surface area contributed by atoms with Crippen LogP contribution in [0.3, 0.4) is 0 Å². The number of nitrogens with zero attached hydrogens (tertiary/aromatic N) is 3. The highest BCUT2D eigenvalue weighted by molar-refractivity contribution is 5.93. The predicted molar refractivity (Wildman–Crippen MR) is 105 cm³/mol. The van der Waals surface area contributed by atoms with E-state index < -0.39 is 34.7 Å². The van der Waals surface area contributed by atoms with E-state index in [-0.39, 0.29) is 17.1 Å². The number of nitrogens with one attached hydrogen (secondary N) is 1. The van der Waals surface area contributed by atoms with Crippen molar-refractivity contribution in [1.82, 2.24) is 9.55 Å². The molecule has 3 aromatic rings. The lowest BCUT2D eigenvalue weighted by Crippen LogP contribution is -2.28. The second-order valence-electron chi connectivity index (χ2n) is 6.59. The van der Waals surface area contributed by atoms with Gasteiger partial charge in [-0.1, -0.05) is 24.3 Å². The molecule has 1 aromatic heterocycles. The van der Waals surface area contributed by atoms with Gasteiger partial charge in [-0.05, 0) is 24.6 Å². The van der Waals surface area contributed by atoms with Gasteiger partial charge in [0.2, 0.25) is 5.91 Å². The van der Waals surface area contributed by atoms with Crippen molar-refractivity contribution in [2.45, 2.75) is 19.6 Å². The summed E-state index contributed by atoms with van der Waals surface area (Å²) in [7, 11) is 0. The maximum absolute atomic E-state index is 12.7. The number of halogens is 3. The fourth-order valence-electron chi connectivity index (χ4n) is 2.83. The summed E-state index contributed by atoms with van der Waals surface area (Å²) in [4.78, 5) is 39.2. The summed E-state index contributed by atoms with van der Waals surface area (Å²) in [6.07, 6.45) is -3.39. The number of nitro groups is 1. The van der Waals surface area contributed by atoms with E-state index in [0.717, 1.165) is 29.1 Å². The lowest BCUT2D eigenvalue weighted by molar-refractivity contribution is -0.384. The molecule has 0 fully saturated rings. The van der Waals surface area contributed by atoms with Crippen molar-refractivity contribution in [2.75, 3.05) is 5.32 Å². The van der Waals surface area contributed by atoms with Crippen LogP contribution in [0.4, 0.5) is 24.5 Å². The molecule has 11 heteroatoms. The van der Waals surface area contributed by atoms with E-state index in [1.165, 1.54) is 24.3 Å². The summed E-state index contributed by atoms with van der Waals surface area (Å²) >= 11 is 0. The predicted octanol–water partition coefficient (Wildman–Crippen LogP) is 3.78. The van der Waals surface area contributed by atoms with Gasteiger partial charge in [0.15, 0.2) is 0 Å². The Morgan fingerprint density at radius 2 is 1.87 bits per heavy atom. The molecule has 8 nitrogen and oxygen atoms in total. The van der Waals surface area contributed by atoms with Crippen LogP contribution in [0.5, 0.6) is 0 Å². The van der Waals surface area contributed by atoms with Crippen LogP contribution >= 0.6 is 0 Å². The molecule has 0 spiro atoms. The number of para-hydroxylation sites is 1. The third-order valence-electron chi connectivity index (χ3n) is 4.41. The number of hydrogen-bond acceptors (Lipinski definition) is 5. The number of benzene rings is 2. The summed E-state index contributed by atoms with van der Waals surface area (Å²) in [6.45, 7) is 1.14. The molecule has 0 aliphatic carbocycles. The SMILES string of the molecule is Cc1cccc([N+](=O)[O-])c1NC(=O)Cn1cnc(-c2ccc(C(F)(F)F)cc2)cc1=O. The Morgan fingerprint density at radius 1 is 1.19 bits per heavy atom. The topological polar surface area (TPSA) is 107 Å². The standard InChI is InChI=1S/C20H15F3N4O4/c1-12-3-2-4-16(27(30)31)19(12)25-17(28)10-26-11-24-15(9-18(26)29)13-5-7-14(8-6-13)20(21,22)23/h2-9,11H,10H2,1H3,(H,25,28). The van der Waals surface area contributed by atoms with Crippen LogP contribution < -0.4 is 10.9 Å². The molecule has 0 bridgehead atoms. The minimum Gasteiger partial charge on any atom is -0.319 e. The maximum atomic E-state index is 12.7. The molecule has 0 atom stereocenters. The summed E-state index contributed by atoms with van der Waals surface area (Å²) < 4.78 is 39.0. The smallest absolute Gasteiger partial charge is 0.319 e. The van der Waals surface area contributed by atoms with Gasteiger partial charge in [-0.2, -0.15) is 13.2 Å². The van der Waals surface area contributed by atoms with Crippen LogP contribution in [-0.2, 0) is 17.5 Å². The molecule has 0 unspecified atom stereocenters. The van der Waals surface area contributed by atoms with Crippen LogP contribution in [-0.4, -0.2) is 20.4 Å². The molecular weight excluding hydrogens is 417 g/mol.